The van der Waals surface area contributed by atoms with Gasteiger partial charge in [0.05, 0.1) is 5.54 Å². The fourth-order valence-corrected chi connectivity index (χ4v) is 16.9. The minimum Gasteiger partial charge on any atom is -0.330 e. The predicted molar refractivity (Wildman–Crippen MR) is 359 cm³/mol. The number of hydrogen-bond acceptors (Lipinski definition) is 3. The Labute approximate surface area is 501 Å². The van der Waals surface area contributed by atoms with Crippen molar-refractivity contribution >= 4 is 68.6 Å². The highest BCUT2D eigenvalue weighted by Gasteiger charge is 2.61. The molecule has 0 aromatic heterocycles. The summed E-state index contributed by atoms with van der Waals surface area (Å²) in [6, 6.07) is 74.1. The van der Waals surface area contributed by atoms with E-state index in [1.54, 1.807) is 0 Å². The number of anilines is 8. The minimum absolute atomic E-state index is 0.00338. The van der Waals surface area contributed by atoms with Gasteiger partial charge in [-0.15, -0.1) is 0 Å². The van der Waals surface area contributed by atoms with Gasteiger partial charge < -0.3 is 14.7 Å². The molecule has 0 saturated heterocycles. The van der Waals surface area contributed by atoms with E-state index < -0.39 is 5.54 Å². The van der Waals surface area contributed by atoms with Gasteiger partial charge in [-0.3, -0.25) is 0 Å². The van der Waals surface area contributed by atoms with E-state index in [9.17, 15) is 0 Å². The molecule has 0 spiro atoms. The van der Waals surface area contributed by atoms with Crippen molar-refractivity contribution in [1.29, 1.82) is 0 Å². The summed E-state index contributed by atoms with van der Waals surface area (Å²) in [4.78, 5) is 8.25. The molecule has 3 heterocycles. The van der Waals surface area contributed by atoms with E-state index in [1.165, 1.54) is 129 Å². The van der Waals surface area contributed by atoms with E-state index >= 15 is 0 Å². The smallest absolute Gasteiger partial charge is 0.252 e. The number of rotatable bonds is 5. The molecule has 9 aromatic rings. The first-order valence-electron chi connectivity index (χ1n) is 31.5. The maximum absolute atomic E-state index is 2.83. The zero-order valence-corrected chi connectivity index (χ0v) is 52.1. The van der Waals surface area contributed by atoms with Gasteiger partial charge in [0.2, 0.25) is 0 Å². The van der Waals surface area contributed by atoms with Gasteiger partial charge in [-0.25, -0.2) is 0 Å². The lowest BCUT2D eigenvalue weighted by Crippen LogP contribution is -2.62. The Balaban J connectivity index is 1.09. The quantitative estimate of drug-likeness (QED) is 0.159. The van der Waals surface area contributed by atoms with E-state index in [-0.39, 0.29) is 39.2 Å². The molecule has 0 radical (unpaired) electrons. The summed E-state index contributed by atoms with van der Waals surface area (Å²) in [5, 5.41) is 0. The Morgan fingerprint density at radius 2 is 0.869 bits per heavy atom. The average molecular weight is 1100 g/mol. The van der Waals surface area contributed by atoms with Gasteiger partial charge in [0, 0.05) is 50.9 Å². The second kappa shape index (κ2) is 18.0. The van der Waals surface area contributed by atoms with Crippen LogP contribution in [-0.2, 0) is 44.4 Å². The first-order valence-corrected chi connectivity index (χ1v) is 31.5. The topological polar surface area (TPSA) is 9.72 Å². The summed E-state index contributed by atoms with van der Waals surface area (Å²) >= 11 is 0. The van der Waals surface area contributed by atoms with Gasteiger partial charge in [-0.1, -0.05) is 217 Å². The second-order valence-corrected chi connectivity index (χ2v) is 30.2. The van der Waals surface area contributed by atoms with Gasteiger partial charge in [0.1, 0.15) is 0 Å². The fourth-order valence-electron chi connectivity index (χ4n) is 16.9. The highest BCUT2D eigenvalue weighted by Crippen LogP contribution is 2.65. The van der Waals surface area contributed by atoms with Crippen LogP contribution in [-0.4, -0.2) is 6.71 Å². The van der Waals surface area contributed by atoms with Crippen LogP contribution in [0.25, 0.3) is 22.3 Å². The molecule has 0 N–H and O–H groups in total. The normalized spacial score (nSPS) is 21.5. The van der Waals surface area contributed by atoms with Crippen molar-refractivity contribution in [2.75, 3.05) is 14.7 Å². The molecule has 84 heavy (non-hydrogen) atoms. The van der Waals surface area contributed by atoms with Crippen LogP contribution in [0.15, 0.2) is 188 Å². The SMILES string of the molecule is CC(C)(C)c1ccc2c(c1)C1(C)CCc3ccccc3C1(C)N2c1cc2c3c(c1)N(c1ccc4c(c1)C(C)(C)CCC4(C)C)c1cc4c(cc1B3c1cc(-c3ccccc3)ccc1N2c1ccc(-c2ccccc2)cc1)C(C)(C)CCC4(C)C. The monoisotopic (exact) mass is 1100 g/mol. The Morgan fingerprint density at radius 3 is 1.51 bits per heavy atom. The molecule has 3 aliphatic carbocycles. The molecule has 3 nitrogen and oxygen atoms in total. The van der Waals surface area contributed by atoms with Crippen LogP contribution in [0.1, 0.15) is 167 Å². The molecule has 9 aromatic carbocycles. The maximum atomic E-state index is 2.83. The lowest BCUT2D eigenvalue weighted by atomic mass is 9.33. The second-order valence-electron chi connectivity index (χ2n) is 30.2. The fraction of sp³-hybridized carbons (Fsp3) is 0.325. The molecule has 420 valence electrons. The van der Waals surface area contributed by atoms with E-state index in [2.05, 4.69) is 293 Å². The van der Waals surface area contributed by atoms with Crippen molar-refractivity contribution in [3.05, 3.63) is 233 Å². The summed E-state index contributed by atoms with van der Waals surface area (Å²) in [7, 11) is 0. The van der Waals surface area contributed by atoms with Crippen LogP contribution in [0.3, 0.4) is 0 Å². The van der Waals surface area contributed by atoms with Gasteiger partial charge in [-0.2, -0.15) is 0 Å². The van der Waals surface area contributed by atoms with Crippen molar-refractivity contribution in [1.82, 2.24) is 0 Å². The van der Waals surface area contributed by atoms with E-state index in [0.29, 0.717) is 0 Å². The lowest BCUT2D eigenvalue weighted by Gasteiger charge is -2.52. The predicted octanol–water partition coefficient (Wildman–Crippen LogP) is 19.4. The Morgan fingerprint density at radius 1 is 0.357 bits per heavy atom. The van der Waals surface area contributed by atoms with E-state index in [1.807, 2.05) is 0 Å². The Hall–Kier alpha value is -7.56. The molecule has 3 aliphatic heterocycles. The minimum atomic E-state index is -0.423. The number of benzene rings is 9. The summed E-state index contributed by atoms with van der Waals surface area (Å²) in [5.74, 6) is 0. The van der Waals surface area contributed by atoms with Gasteiger partial charge in [0.25, 0.3) is 6.71 Å². The zero-order valence-electron chi connectivity index (χ0n) is 52.1. The lowest BCUT2D eigenvalue weighted by molar-refractivity contribution is 0.245. The first kappa shape index (κ1) is 53.2. The third-order valence-electron chi connectivity index (χ3n) is 22.4. The van der Waals surface area contributed by atoms with Gasteiger partial charge in [0.15, 0.2) is 0 Å². The summed E-state index contributed by atoms with van der Waals surface area (Å²) in [6.07, 6.45) is 6.74. The van der Waals surface area contributed by atoms with Crippen LogP contribution in [0, 0.1) is 0 Å². The van der Waals surface area contributed by atoms with Crippen molar-refractivity contribution in [3.63, 3.8) is 0 Å². The van der Waals surface area contributed by atoms with Crippen molar-refractivity contribution in [2.45, 2.75) is 167 Å². The molecule has 0 amide bonds. The summed E-state index contributed by atoms with van der Waals surface area (Å²) in [5.41, 5.74) is 30.1. The third-order valence-corrected chi connectivity index (χ3v) is 22.4. The van der Waals surface area contributed by atoms with Crippen LogP contribution in [0.5, 0.6) is 0 Å². The number of nitrogens with zero attached hydrogens (tertiary/aromatic N) is 3. The number of fused-ring (bicyclic) bond motifs is 11. The van der Waals surface area contributed by atoms with Crippen LogP contribution in [0.4, 0.5) is 45.5 Å². The number of hydrogen-bond donors (Lipinski definition) is 0. The summed E-state index contributed by atoms with van der Waals surface area (Å²) < 4.78 is 0. The van der Waals surface area contributed by atoms with Gasteiger partial charge in [-0.05, 0) is 210 Å². The first-order chi connectivity index (χ1) is 40.0. The highest BCUT2D eigenvalue weighted by molar-refractivity contribution is 7.00. The zero-order chi connectivity index (χ0) is 58.3. The average Bonchev–Trinajstić information content (AvgIpc) is 1.32. The standard InChI is InChI=1S/C80H82BN3/c1-74(2,3)56-31-37-68-65(45-56)79(12)39-38-54-26-20-21-27-60(54)80(79,13)84(68)59-47-71-73-72(48-59)83(58-34-35-61-62(46-58)76(6,7)41-40-75(61,4)5)70-50-64-63(77(8,9)42-43-78(64,10)11)49-67(70)81(73)66-44-55(52-24-18-15-19-25-52)30-36-69(66)82(71)57-32-28-53(29-33-57)51-22-16-14-17-23-51/h14-37,44-50H,38-43H2,1-13H3. The van der Waals surface area contributed by atoms with Crippen LogP contribution in [0.2, 0.25) is 0 Å². The van der Waals surface area contributed by atoms with Crippen molar-refractivity contribution in [2.24, 2.45) is 0 Å². The van der Waals surface area contributed by atoms with Crippen molar-refractivity contribution < 1.29 is 0 Å². The third kappa shape index (κ3) is 7.63. The van der Waals surface area contributed by atoms with Gasteiger partial charge >= 0.3 is 0 Å². The number of aryl methyl sites for hydroxylation is 1. The highest BCUT2D eigenvalue weighted by atomic mass is 15.3. The maximum Gasteiger partial charge on any atom is 0.252 e. The molecule has 0 fully saturated rings. The van der Waals surface area contributed by atoms with Crippen molar-refractivity contribution in [3.8, 4) is 22.3 Å². The van der Waals surface area contributed by atoms with E-state index in [4.69, 9.17) is 0 Å². The molecule has 0 saturated carbocycles. The summed E-state index contributed by atoms with van der Waals surface area (Å²) in [6.45, 7) is 32.2. The van der Waals surface area contributed by atoms with Crippen LogP contribution >= 0.6 is 0 Å². The molecule has 0 bridgehead atoms. The largest absolute Gasteiger partial charge is 0.330 e. The Kier molecular flexibility index (Phi) is 11.4. The van der Waals surface area contributed by atoms with E-state index in [0.717, 1.165) is 37.8 Å². The van der Waals surface area contributed by atoms with Crippen LogP contribution < -0.4 is 31.1 Å². The molecule has 2 unspecified atom stereocenters. The molecular weight excluding hydrogens is 1010 g/mol. The Bertz CT molecular complexity index is 4180. The molecule has 2 atom stereocenters. The molecular formula is C80H82BN3. The molecule has 15 rings (SSSR count). The molecule has 4 heteroatoms. The molecule has 6 aliphatic rings.